The van der Waals surface area contributed by atoms with E-state index in [0.29, 0.717) is 28.1 Å². The summed E-state index contributed by atoms with van der Waals surface area (Å²) in [4.78, 5) is 39.3. The average Bonchev–Trinajstić information content (AvgIpc) is 3.27. The van der Waals surface area contributed by atoms with Gasteiger partial charge in [0.15, 0.2) is 5.12 Å². The fourth-order valence-electron chi connectivity index (χ4n) is 3.81. The van der Waals surface area contributed by atoms with Gasteiger partial charge in [-0.3, -0.25) is 9.59 Å². The molecular formula is C20H18BrN5O2S. The zero-order chi connectivity index (χ0) is 20.0. The summed E-state index contributed by atoms with van der Waals surface area (Å²) in [5.41, 5.74) is 2.99. The molecule has 4 heterocycles. The molecule has 1 saturated heterocycles. The summed E-state index contributed by atoms with van der Waals surface area (Å²) in [5.74, 6) is 0.582. The van der Waals surface area contributed by atoms with Gasteiger partial charge in [-0.1, -0.05) is 17.8 Å². The van der Waals surface area contributed by atoms with Gasteiger partial charge in [-0.05, 0) is 52.9 Å². The number of H-pyrrole nitrogens is 1. The lowest BCUT2D eigenvalue weighted by molar-refractivity contribution is -0.110. The molecule has 7 nitrogen and oxygen atoms in total. The standard InChI is InChI=1S/C20H18BrN5O2S/c21-16-15-18(24-12-5-4-11-8-14(27)29-13(11)9-12)22-10-23-19(15)25-17(16)20(28)26-6-2-1-3-7-26/h4-5,9-10H,1-3,6-8H2,(H2,22,23,24,25). The van der Waals surface area contributed by atoms with Gasteiger partial charge in [-0.15, -0.1) is 0 Å². The van der Waals surface area contributed by atoms with E-state index in [0.717, 1.165) is 47.5 Å². The second-order valence-electron chi connectivity index (χ2n) is 7.21. The van der Waals surface area contributed by atoms with Crippen LogP contribution in [0.15, 0.2) is 33.9 Å². The largest absolute Gasteiger partial charge is 0.339 e. The SMILES string of the molecule is O=C1Cc2ccc(Nc3ncnc4[nH]c(C(=O)N5CCCCC5)c(Br)c34)cc2S1. The fraction of sp³-hybridized carbons (Fsp3) is 0.300. The third kappa shape index (κ3) is 3.42. The Labute approximate surface area is 179 Å². The van der Waals surface area contributed by atoms with Crippen LogP contribution in [0, 0.1) is 0 Å². The molecule has 0 saturated carbocycles. The number of likely N-dealkylation sites (tertiary alicyclic amines) is 1. The van der Waals surface area contributed by atoms with Crippen molar-refractivity contribution in [2.75, 3.05) is 18.4 Å². The molecule has 0 atom stereocenters. The Morgan fingerprint density at radius 1 is 1.21 bits per heavy atom. The predicted octanol–water partition coefficient (Wildman–Crippen LogP) is 4.26. The summed E-state index contributed by atoms with van der Waals surface area (Å²) in [6.07, 6.45) is 5.18. The molecule has 148 valence electrons. The van der Waals surface area contributed by atoms with Gasteiger partial charge in [0.1, 0.15) is 23.5 Å². The minimum Gasteiger partial charge on any atom is -0.339 e. The molecule has 3 aromatic rings. The highest BCUT2D eigenvalue weighted by Crippen LogP contribution is 2.37. The van der Waals surface area contributed by atoms with E-state index >= 15 is 0 Å². The van der Waals surface area contributed by atoms with Crippen LogP contribution in [0.4, 0.5) is 11.5 Å². The number of carbonyl (C=O) groups is 2. The molecule has 2 aromatic heterocycles. The summed E-state index contributed by atoms with van der Waals surface area (Å²) in [6.45, 7) is 1.56. The number of rotatable bonds is 3. The van der Waals surface area contributed by atoms with Crippen LogP contribution in [0.3, 0.4) is 0 Å². The van der Waals surface area contributed by atoms with Crippen LogP contribution >= 0.6 is 27.7 Å². The zero-order valence-corrected chi connectivity index (χ0v) is 17.9. The van der Waals surface area contributed by atoms with Crippen molar-refractivity contribution in [2.45, 2.75) is 30.6 Å². The highest BCUT2D eigenvalue weighted by molar-refractivity contribution is 9.10. The first kappa shape index (κ1) is 18.6. The van der Waals surface area contributed by atoms with Crippen LogP contribution in [0.25, 0.3) is 11.0 Å². The molecular weight excluding hydrogens is 454 g/mol. The lowest BCUT2D eigenvalue weighted by Crippen LogP contribution is -2.35. The van der Waals surface area contributed by atoms with Gasteiger partial charge in [0.25, 0.3) is 5.91 Å². The minimum absolute atomic E-state index is 0.0204. The quantitative estimate of drug-likeness (QED) is 0.592. The molecule has 2 N–H and O–H groups in total. The minimum atomic E-state index is -0.0204. The molecule has 1 aromatic carbocycles. The maximum atomic E-state index is 13.0. The van der Waals surface area contributed by atoms with Gasteiger partial charge < -0.3 is 15.2 Å². The molecule has 29 heavy (non-hydrogen) atoms. The number of benzene rings is 1. The summed E-state index contributed by atoms with van der Waals surface area (Å²) < 4.78 is 0.664. The molecule has 1 amide bonds. The molecule has 0 radical (unpaired) electrons. The van der Waals surface area contributed by atoms with E-state index in [-0.39, 0.29) is 11.0 Å². The number of nitrogens with zero attached hydrogens (tertiary/aromatic N) is 3. The van der Waals surface area contributed by atoms with Crippen LogP contribution in [-0.2, 0) is 11.2 Å². The predicted molar refractivity (Wildman–Crippen MR) is 116 cm³/mol. The number of amides is 1. The molecule has 0 spiro atoms. The van der Waals surface area contributed by atoms with E-state index in [2.05, 4.69) is 36.2 Å². The maximum absolute atomic E-state index is 13.0. The number of aromatic amines is 1. The second-order valence-corrected chi connectivity index (χ2v) is 9.10. The Morgan fingerprint density at radius 2 is 2.03 bits per heavy atom. The first-order valence-corrected chi connectivity index (χ1v) is 11.1. The highest BCUT2D eigenvalue weighted by atomic mass is 79.9. The molecule has 5 rings (SSSR count). The number of hydrogen-bond donors (Lipinski definition) is 2. The van der Waals surface area contributed by atoms with Crippen molar-refractivity contribution in [2.24, 2.45) is 0 Å². The van der Waals surface area contributed by atoms with Crippen molar-refractivity contribution in [3.8, 4) is 0 Å². The van der Waals surface area contributed by atoms with E-state index in [1.165, 1.54) is 24.5 Å². The second kappa shape index (κ2) is 7.46. The monoisotopic (exact) mass is 471 g/mol. The number of nitrogens with one attached hydrogen (secondary N) is 2. The van der Waals surface area contributed by atoms with Crippen LogP contribution in [0.5, 0.6) is 0 Å². The number of halogens is 1. The third-order valence-corrected chi connectivity index (χ3v) is 7.04. The number of anilines is 2. The van der Waals surface area contributed by atoms with E-state index in [4.69, 9.17) is 0 Å². The Bertz CT molecular complexity index is 1140. The van der Waals surface area contributed by atoms with Gasteiger partial charge in [0.05, 0.1) is 9.86 Å². The van der Waals surface area contributed by atoms with Crippen molar-refractivity contribution in [1.82, 2.24) is 19.9 Å². The van der Waals surface area contributed by atoms with E-state index in [1.807, 2.05) is 23.1 Å². The average molecular weight is 472 g/mol. The van der Waals surface area contributed by atoms with Crippen molar-refractivity contribution in [3.63, 3.8) is 0 Å². The van der Waals surface area contributed by atoms with Crippen LogP contribution in [-0.4, -0.2) is 44.0 Å². The number of fused-ring (bicyclic) bond motifs is 2. The van der Waals surface area contributed by atoms with Gasteiger partial charge >= 0.3 is 0 Å². The first-order chi connectivity index (χ1) is 14.1. The number of carbonyl (C=O) groups excluding carboxylic acids is 2. The zero-order valence-electron chi connectivity index (χ0n) is 15.5. The van der Waals surface area contributed by atoms with Crippen molar-refractivity contribution >= 4 is 61.3 Å². The van der Waals surface area contributed by atoms with Crippen molar-refractivity contribution < 1.29 is 9.59 Å². The number of thioether (sulfide) groups is 1. The highest BCUT2D eigenvalue weighted by Gasteiger charge is 2.25. The summed E-state index contributed by atoms with van der Waals surface area (Å²) in [5, 5.41) is 4.21. The van der Waals surface area contributed by atoms with Gasteiger partial charge in [0, 0.05) is 30.1 Å². The fourth-order valence-corrected chi connectivity index (χ4v) is 5.38. The summed E-state index contributed by atoms with van der Waals surface area (Å²) in [6, 6.07) is 5.86. The normalized spacial score (nSPS) is 16.3. The Morgan fingerprint density at radius 3 is 2.86 bits per heavy atom. The van der Waals surface area contributed by atoms with Gasteiger partial charge in [-0.2, -0.15) is 0 Å². The van der Waals surface area contributed by atoms with Crippen molar-refractivity contribution in [3.05, 3.63) is 40.3 Å². The Balaban J connectivity index is 1.49. The molecule has 2 aliphatic heterocycles. The molecule has 0 bridgehead atoms. The lowest BCUT2D eigenvalue weighted by atomic mass is 10.1. The first-order valence-electron chi connectivity index (χ1n) is 9.52. The number of hydrogen-bond acceptors (Lipinski definition) is 6. The topological polar surface area (TPSA) is 91.0 Å². The van der Waals surface area contributed by atoms with Gasteiger partial charge in [0.2, 0.25) is 0 Å². The summed E-state index contributed by atoms with van der Waals surface area (Å²) >= 11 is 4.86. The van der Waals surface area contributed by atoms with Crippen LogP contribution in [0.2, 0.25) is 0 Å². The van der Waals surface area contributed by atoms with Crippen molar-refractivity contribution in [1.29, 1.82) is 0 Å². The Hall–Kier alpha value is -2.39. The lowest BCUT2D eigenvalue weighted by Gasteiger charge is -2.26. The van der Waals surface area contributed by atoms with E-state index < -0.39 is 0 Å². The van der Waals surface area contributed by atoms with Gasteiger partial charge in [-0.25, -0.2) is 9.97 Å². The summed E-state index contributed by atoms with van der Waals surface area (Å²) in [7, 11) is 0. The van der Waals surface area contributed by atoms with E-state index in [1.54, 1.807) is 0 Å². The third-order valence-electron chi connectivity index (χ3n) is 5.28. The Kier molecular flexibility index (Phi) is 4.79. The molecule has 1 fully saturated rings. The smallest absolute Gasteiger partial charge is 0.271 e. The number of piperidine rings is 1. The maximum Gasteiger partial charge on any atom is 0.271 e. The van der Waals surface area contributed by atoms with Crippen LogP contribution < -0.4 is 5.32 Å². The number of aromatic nitrogens is 3. The molecule has 9 heteroatoms. The van der Waals surface area contributed by atoms with E-state index in [9.17, 15) is 9.59 Å². The molecule has 0 aliphatic carbocycles. The molecule has 2 aliphatic rings. The van der Waals surface area contributed by atoms with Crippen LogP contribution in [0.1, 0.15) is 35.3 Å². The molecule has 0 unspecified atom stereocenters.